The van der Waals surface area contributed by atoms with E-state index in [2.05, 4.69) is 31.4 Å². The number of halogens is 3. The van der Waals surface area contributed by atoms with Crippen molar-refractivity contribution in [3.8, 4) is 0 Å². The minimum Gasteiger partial charge on any atom is -0.362 e. The largest absolute Gasteiger partial charge is 0.416 e. The molecule has 0 bridgehead atoms. The van der Waals surface area contributed by atoms with Crippen LogP contribution in [-0.4, -0.2) is 11.7 Å². The molecule has 1 atom stereocenters. The number of allylic oxidation sites excluding steroid dienone is 3. The number of alkyl halides is 3. The van der Waals surface area contributed by atoms with Crippen molar-refractivity contribution in [2.75, 3.05) is 5.32 Å². The van der Waals surface area contributed by atoms with Gasteiger partial charge in [-0.05, 0) is 54.5 Å². The molecule has 2 heterocycles. The van der Waals surface area contributed by atoms with Crippen LogP contribution in [0.1, 0.15) is 75.6 Å². The number of carbonyl (C=O) groups is 2. The summed E-state index contributed by atoms with van der Waals surface area (Å²) < 4.78 is 39.7. The molecular weight excluding hydrogens is 485 g/mol. The van der Waals surface area contributed by atoms with Crippen LogP contribution in [0.4, 0.5) is 18.9 Å². The van der Waals surface area contributed by atoms with E-state index in [0.29, 0.717) is 29.7 Å². The Morgan fingerprint density at radius 3 is 2.42 bits per heavy atom. The van der Waals surface area contributed by atoms with Crippen LogP contribution in [0.5, 0.6) is 0 Å². The summed E-state index contributed by atoms with van der Waals surface area (Å²) in [5, 5.41) is 5.95. The van der Waals surface area contributed by atoms with Gasteiger partial charge in [-0.15, -0.1) is 11.3 Å². The number of dihydropyridines is 1. The Balaban J connectivity index is 1.79. The van der Waals surface area contributed by atoms with E-state index < -0.39 is 23.6 Å². The maximum atomic E-state index is 13.6. The maximum absolute atomic E-state index is 13.6. The molecule has 1 aromatic carbocycles. The topological polar surface area (TPSA) is 58.2 Å². The van der Waals surface area contributed by atoms with E-state index in [1.165, 1.54) is 12.1 Å². The number of benzene rings is 1. The summed E-state index contributed by atoms with van der Waals surface area (Å²) in [4.78, 5) is 29.1. The van der Waals surface area contributed by atoms with Crippen molar-refractivity contribution < 1.29 is 22.8 Å². The molecule has 1 aromatic heterocycles. The highest BCUT2D eigenvalue weighted by atomic mass is 32.1. The lowest BCUT2D eigenvalue weighted by Crippen LogP contribution is -2.39. The fourth-order valence-corrected chi connectivity index (χ4v) is 6.09. The van der Waals surface area contributed by atoms with E-state index in [9.17, 15) is 22.8 Å². The third kappa shape index (κ3) is 5.14. The Hall–Kier alpha value is -2.87. The third-order valence-corrected chi connectivity index (χ3v) is 8.16. The standard InChI is InChI=1S/C28H31F3N2O2S/c1-15-22(25(35)33-17-9-7-8-16(12-17)28(29,30)31)24(20-10-11-21(36-20)26(2,3)4)23-18(32-15)13-27(5,6)14-19(23)34/h7-12,24,32H,13-14H2,1-6H3,(H,33,35)/t24-/m1/s1. The van der Waals surface area contributed by atoms with Gasteiger partial charge in [0.15, 0.2) is 5.78 Å². The van der Waals surface area contributed by atoms with E-state index in [1.54, 1.807) is 18.3 Å². The number of amides is 1. The predicted molar refractivity (Wildman–Crippen MR) is 137 cm³/mol. The molecule has 2 N–H and O–H groups in total. The monoisotopic (exact) mass is 516 g/mol. The summed E-state index contributed by atoms with van der Waals surface area (Å²) >= 11 is 1.56. The van der Waals surface area contributed by atoms with Crippen molar-refractivity contribution in [2.24, 2.45) is 5.41 Å². The van der Waals surface area contributed by atoms with Gasteiger partial charge in [0, 0.05) is 44.4 Å². The molecule has 0 saturated carbocycles. The lowest BCUT2D eigenvalue weighted by atomic mass is 9.69. The second kappa shape index (κ2) is 8.91. The van der Waals surface area contributed by atoms with E-state index >= 15 is 0 Å². The first kappa shape index (κ1) is 26.2. The molecule has 0 radical (unpaired) electrons. The number of hydrogen-bond acceptors (Lipinski definition) is 4. The molecule has 0 spiro atoms. The van der Waals surface area contributed by atoms with Crippen LogP contribution in [-0.2, 0) is 21.2 Å². The van der Waals surface area contributed by atoms with Crippen molar-refractivity contribution in [1.29, 1.82) is 0 Å². The first-order chi connectivity index (χ1) is 16.6. The molecule has 36 heavy (non-hydrogen) atoms. The summed E-state index contributed by atoms with van der Waals surface area (Å²) in [6.45, 7) is 12.2. The molecule has 192 valence electrons. The van der Waals surface area contributed by atoms with Crippen molar-refractivity contribution in [1.82, 2.24) is 5.32 Å². The molecule has 1 amide bonds. The van der Waals surface area contributed by atoms with Gasteiger partial charge in [0.05, 0.1) is 11.5 Å². The molecule has 4 nitrogen and oxygen atoms in total. The summed E-state index contributed by atoms with van der Waals surface area (Å²) in [7, 11) is 0. The second-order valence-corrected chi connectivity index (χ2v) is 12.5. The molecule has 8 heteroatoms. The van der Waals surface area contributed by atoms with Gasteiger partial charge >= 0.3 is 6.18 Å². The molecule has 0 fully saturated rings. The quantitative estimate of drug-likeness (QED) is 0.450. The highest BCUT2D eigenvalue weighted by Crippen LogP contribution is 2.49. The first-order valence-corrected chi connectivity index (χ1v) is 12.7. The SMILES string of the molecule is CC1=C(C(=O)Nc2cccc(C(F)(F)F)c2)[C@@H](c2ccc(C(C)(C)C)s2)C2=C(CC(C)(C)CC2=O)N1. The van der Waals surface area contributed by atoms with Crippen LogP contribution < -0.4 is 10.6 Å². The average Bonchev–Trinajstić information content (AvgIpc) is 3.21. The van der Waals surface area contributed by atoms with Crippen LogP contribution in [0.3, 0.4) is 0 Å². The number of carbonyl (C=O) groups excluding carboxylic acids is 2. The number of ketones is 1. The summed E-state index contributed by atoms with van der Waals surface area (Å²) in [6.07, 6.45) is -3.49. The zero-order valence-corrected chi connectivity index (χ0v) is 22.1. The van der Waals surface area contributed by atoms with Gasteiger partial charge in [0.2, 0.25) is 0 Å². The van der Waals surface area contributed by atoms with Gasteiger partial charge < -0.3 is 10.6 Å². The zero-order chi connectivity index (χ0) is 26.6. The van der Waals surface area contributed by atoms with Crippen LogP contribution in [0.2, 0.25) is 0 Å². The molecule has 1 aliphatic carbocycles. The fourth-order valence-electron chi connectivity index (χ4n) is 4.90. The lowest BCUT2D eigenvalue weighted by Gasteiger charge is -2.39. The van der Waals surface area contributed by atoms with Gasteiger partial charge in [0.1, 0.15) is 0 Å². The Morgan fingerprint density at radius 1 is 1.11 bits per heavy atom. The zero-order valence-electron chi connectivity index (χ0n) is 21.3. The number of anilines is 1. The summed E-state index contributed by atoms with van der Waals surface area (Å²) in [5.74, 6) is -1.13. The van der Waals surface area contributed by atoms with Crippen molar-refractivity contribution in [3.05, 3.63) is 74.3 Å². The van der Waals surface area contributed by atoms with Crippen LogP contribution >= 0.6 is 11.3 Å². The van der Waals surface area contributed by atoms with E-state index in [1.807, 2.05) is 26.0 Å². The molecule has 0 unspecified atom stereocenters. The van der Waals surface area contributed by atoms with Gasteiger partial charge in [-0.3, -0.25) is 9.59 Å². The van der Waals surface area contributed by atoms with Crippen molar-refractivity contribution in [2.45, 2.75) is 71.9 Å². The fraction of sp³-hybridized carbons (Fsp3) is 0.429. The molecule has 1 aliphatic heterocycles. The highest BCUT2D eigenvalue weighted by molar-refractivity contribution is 7.12. The van der Waals surface area contributed by atoms with Crippen LogP contribution in [0.15, 0.2) is 58.9 Å². The van der Waals surface area contributed by atoms with E-state index in [-0.39, 0.29) is 22.3 Å². The molecule has 0 saturated heterocycles. The van der Waals surface area contributed by atoms with Gasteiger partial charge in [-0.2, -0.15) is 13.2 Å². The Morgan fingerprint density at radius 2 is 1.81 bits per heavy atom. The maximum Gasteiger partial charge on any atom is 0.416 e. The normalized spacial score (nSPS) is 20.2. The summed E-state index contributed by atoms with van der Waals surface area (Å²) in [6, 6.07) is 8.56. The Bertz CT molecular complexity index is 1290. The van der Waals surface area contributed by atoms with Crippen LogP contribution in [0.25, 0.3) is 0 Å². The van der Waals surface area contributed by atoms with Gasteiger partial charge in [-0.1, -0.05) is 40.7 Å². The van der Waals surface area contributed by atoms with Gasteiger partial charge in [0.25, 0.3) is 5.91 Å². The number of hydrogen-bond donors (Lipinski definition) is 2. The van der Waals surface area contributed by atoms with Crippen LogP contribution in [0, 0.1) is 5.41 Å². The predicted octanol–water partition coefficient (Wildman–Crippen LogP) is 7.31. The highest BCUT2D eigenvalue weighted by Gasteiger charge is 2.43. The minimum absolute atomic E-state index is 0.0127. The van der Waals surface area contributed by atoms with E-state index in [4.69, 9.17) is 0 Å². The smallest absolute Gasteiger partial charge is 0.362 e. The average molecular weight is 517 g/mol. The summed E-state index contributed by atoms with van der Waals surface area (Å²) in [5.41, 5.74) is 1.23. The molecule has 4 rings (SSSR count). The molecule has 2 aromatic rings. The Kier molecular flexibility index (Phi) is 6.48. The number of rotatable bonds is 3. The Labute approximate surface area is 213 Å². The van der Waals surface area contributed by atoms with Crippen molar-refractivity contribution >= 4 is 28.7 Å². The second-order valence-electron chi connectivity index (χ2n) is 11.4. The van der Waals surface area contributed by atoms with E-state index in [0.717, 1.165) is 27.6 Å². The first-order valence-electron chi connectivity index (χ1n) is 11.9. The molecular formula is C28H31F3N2O2S. The van der Waals surface area contributed by atoms with Gasteiger partial charge in [-0.25, -0.2) is 0 Å². The third-order valence-electron chi connectivity index (χ3n) is 6.58. The number of thiophene rings is 1. The van der Waals surface area contributed by atoms with Crippen molar-refractivity contribution in [3.63, 3.8) is 0 Å². The number of nitrogens with one attached hydrogen (secondary N) is 2. The lowest BCUT2D eigenvalue weighted by molar-refractivity contribution is -0.137. The minimum atomic E-state index is -4.52. The molecule has 2 aliphatic rings. The number of Topliss-reactive ketones (excluding diaryl/α,β-unsaturated/α-hetero) is 1.